The number of aromatic nitrogens is 1. The first-order valence-electron chi connectivity index (χ1n) is 7.34. The number of phenolic OH excluding ortho intramolecular Hbond substituents is 1. The Balaban J connectivity index is 1.87. The molecule has 1 atom stereocenters. The van der Waals surface area contributed by atoms with Crippen molar-refractivity contribution >= 4 is 50.2 Å². The van der Waals surface area contributed by atoms with Crippen LogP contribution in [0.3, 0.4) is 0 Å². The van der Waals surface area contributed by atoms with Crippen LogP contribution in [0.2, 0.25) is 5.02 Å². The highest BCUT2D eigenvalue weighted by atomic mass is 79.9. The summed E-state index contributed by atoms with van der Waals surface area (Å²) in [5.41, 5.74) is 1.31. The molecule has 2 N–H and O–H groups in total. The van der Waals surface area contributed by atoms with Crippen molar-refractivity contribution in [2.75, 3.05) is 31.1 Å². The van der Waals surface area contributed by atoms with E-state index in [1.807, 2.05) is 0 Å². The van der Waals surface area contributed by atoms with Crippen LogP contribution >= 0.6 is 27.5 Å². The highest BCUT2D eigenvalue weighted by Crippen LogP contribution is 2.47. The number of fused-ring (bicyclic) bond motifs is 5. The van der Waals surface area contributed by atoms with Crippen LogP contribution in [0.4, 0.5) is 10.5 Å². The molecule has 0 aliphatic carbocycles. The quantitative estimate of drug-likeness (QED) is 0.689. The fraction of sp³-hybridized carbons (Fsp3) is 0.333. The summed E-state index contributed by atoms with van der Waals surface area (Å²) < 4.78 is 6.33. The number of phenols is 1. The number of piperazine rings is 1. The van der Waals surface area contributed by atoms with Crippen LogP contribution in [0.1, 0.15) is 0 Å². The van der Waals surface area contributed by atoms with E-state index in [0.717, 1.165) is 0 Å². The number of rotatable bonds is 0. The molecule has 1 aromatic carbocycles. The van der Waals surface area contributed by atoms with E-state index in [-0.39, 0.29) is 16.8 Å². The summed E-state index contributed by atoms with van der Waals surface area (Å²) in [6.07, 6.45) is 0.687. The molecule has 2 aromatic rings. The van der Waals surface area contributed by atoms with E-state index < -0.39 is 6.09 Å². The number of nitrogens with zero attached hydrogens (tertiary/aromatic N) is 3. The van der Waals surface area contributed by atoms with E-state index >= 15 is 0 Å². The fourth-order valence-corrected chi connectivity index (χ4v) is 3.84. The van der Waals surface area contributed by atoms with Crippen molar-refractivity contribution < 1.29 is 19.7 Å². The second-order valence-corrected chi connectivity index (χ2v) is 7.01. The van der Waals surface area contributed by atoms with E-state index in [1.54, 1.807) is 12.3 Å². The number of anilines is 1. The molecule has 2 aliphatic heterocycles. The average Bonchev–Trinajstić information content (AvgIpc) is 2.58. The molecule has 3 heterocycles. The van der Waals surface area contributed by atoms with Crippen LogP contribution in [0, 0.1) is 0 Å². The molecular formula is C15H13BrClN3O4. The first kappa shape index (κ1) is 15.6. The third kappa shape index (κ3) is 2.24. The van der Waals surface area contributed by atoms with Gasteiger partial charge in [0.2, 0.25) is 0 Å². The molecule has 2 aliphatic rings. The topological polar surface area (TPSA) is 86.1 Å². The summed E-state index contributed by atoms with van der Waals surface area (Å²) >= 11 is 9.48. The normalized spacial score (nSPS) is 19.7. The number of carboxylic acid groups (broad SMARTS) is 1. The molecule has 4 rings (SSSR count). The molecule has 0 saturated carbocycles. The molecule has 1 saturated heterocycles. The van der Waals surface area contributed by atoms with E-state index in [2.05, 4.69) is 25.8 Å². The molecule has 0 bridgehead atoms. The lowest BCUT2D eigenvalue weighted by Crippen LogP contribution is -2.58. The van der Waals surface area contributed by atoms with Crippen LogP contribution in [0.25, 0.3) is 10.9 Å². The monoisotopic (exact) mass is 413 g/mol. The number of hydrogen-bond donors (Lipinski definition) is 2. The molecule has 24 heavy (non-hydrogen) atoms. The number of halogens is 2. The van der Waals surface area contributed by atoms with Gasteiger partial charge >= 0.3 is 6.09 Å². The molecule has 7 nitrogen and oxygen atoms in total. The lowest BCUT2D eigenvalue weighted by atomic mass is 10.0. The summed E-state index contributed by atoms with van der Waals surface area (Å²) in [4.78, 5) is 19.0. The standard InChI is InChI=1S/C15H13BrClN3O4/c16-8-3-9-11(14(21)12(8)17)13-10(4-18-9)24-6-7-5-19(15(22)23)1-2-20(7)13/h3-4,7,21H,1-2,5-6H2,(H,22,23)/t7-/m1/s1. The summed E-state index contributed by atoms with van der Waals surface area (Å²) in [6.45, 7) is 1.62. The number of hydrogen-bond acceptors (Lipinski definition) is 5. The number of pyridine rings is 1. The summed E-state index contributed by atoms with van der Waals surface area (Å²) in [7, 11) is 0. The highest BCUT2D eigenvalue weighted by Gasteiger charge is 2.36. The minimum absolute atomic E-state index is 0.0599. The lowest BCUT2D eigenvalue weighted by Gasteiger charge is -2.45. The number of ether oxygens (including phenoxy) is 1. The average molecular weight is 415 g/mol. The van der Waals surface area contributed by atoms with Crippen molar-refractivity contribution in [1.82, 2.24) is 9.88 Å². The van der Waals surface area contributed by atoms with Crippen molar-refractivity contribution in [1.29, 1.82) is 0 Å². The first-order chi connectivity index (χ1) is 11.5. The largest absolute Gasteiger partial charge is 0.506 e. The van der Waals surface area contributed by atoms with Crippen LogP contribution in [-0.4, -0.2) is 58.5 Å². The van der Waals surface area contributed by atoms with Gasteiger partial charge in [-0.2, -0.15) is 0 Å². The predicted octanol–water partition coefficient (Wildman–Crippen LogP) is 2.92. The van der Waals surface area contributed by atoms with Gasteiger partial charge in [-0.15, -0.1) is 0 Å². The van der Waals surface area contributed by atoms with Gasteiger partial charge in [0.1, 0.15) is 12.4 Å². The fourth-order valence-electron chi connectivity index (χ4n) is 3.29. The summed E-state index contributed by atoms with van der Waals surface area (Å²) in [5.74, 6) is 0.506. The number of aromatic hydroxyl groups is 1. The maximum Gasteiger partial charge on any atom is 0.407 e. The summed E-state index contributed by atoms with van der Waals surface area (Å²) in [5, 5.41) is 20.5. The first-order valence-corrected chi connectivity index (χ1v) is 8.51. The minimum Gasteiger partial charge on any atom is -0.506 e. The Kier molecular flexibility index (Phi) is 3.61. The van der Waals surface area contributed by atoms with Crippen LogP contribution in [0.15, 0.2) is 16.7 Å². The molecule has 1 amide bonds. The maximum atomic E-state index is 11.2. The zero-order valence-electron chi connectivity index (χ0n) is 12.4. The third-order valence-corrected chi connectivity index (χ3v) is 5.67. The lowest BCUT2D eigenvalue weighted by molar-refractivity contribution is 0.123. The van der Waals surface area contributed by atoms with Gasteiger partial charge in [-0.1, -0.05) is 11.6 Å². The molecule has 0 unspecified atom stereocenters. The SMILES string of the molecule is O=C(O)N1CCN2c3c(cnc4cc(Br)c(Cl)c(O)c34)OC[C@H]2C1. The Bertz CT molecular complexity index is 862. The molecule has 1 fully saturated rings. The molecule has 0 spiro atoms. The molecule has 0 radical (unpaired) electrons. The Morgan fingerprint density at radius 1 is 1.46 bits per heavy atom. The van der Waals surface area contributed by atoms with Gasteiger partial charge in [-0.25, -0.2) is 4.79 Å². The number of amides is 1. The number of benzene rings is 1. The number of carbonyl (C=O) groups is 1. The summed E-state index contributed by atoms with van der Waals surface area (Å²) in [6, 6.07) is 1.63. The Labute approximate surface area is 150 Å². The van der Waals surface area contributed by atoms with Gasteiger partial charge in [0.15, 0.2) is 5.75 Å². The van der Waals surface area contributed by atoms with Crippen molar-refractivity contribution in [3.05, 3.63) is 21.8 Å². The highest BCUT2D eigenvalue weighted by molar-refractivity contribution is 9.10. The van der Waals surface area contributed by atoms with Gasteiger partial charge in [0.05, 0.1) is 33.9 Å². The van der Waals surface area contributed by atoms with Gasteiger partial charge in [-0.05, 0) is 22.0 Å². The van der Waals surface area contributed by atoms with Crippen molar-refractivity contribution in [3.63, 3.8) is 0 Å². The molecular weight excluding hydrogens is 402 g/mol. The Morgan fingerprint density at radius 2 is 2.25 bits per heavy atom. The van der Waals surface area contributed by atoms with E-state index in [4.69, 9.17) is 16.3 Å². The van der Waals surface area contributed by atoms with Crippen molar-refractivity contribution in [3.8, 4) is 11.5 Å². The van der Waals surface area contributed by atoms with Gasteiger partial charge in [0.25, 0.3) is 0 Å². The van der Waals surface area contributed by atoms with Crippen LogP contribution in [0.5, 0.6) is 11.5 Å². The molecule has 1 aromatic heterocycles. The van der Waals surface area contributed by atoms with E-state index in [0.29, 0.717) is 53.1 Å². The molecule has 9 heteroatoms. The van der Waals surface area contributed by atoms with Crippen molar-refractivity contribution in [2.24, 2.45) is 0 Å². The third-order valence-electron chi connectivity index (χ3n) is 4.44. The van der Waals surface area contributed by atoms with Gasteiger partial charge in [0, 0.05) is 24.1 Å². The van der Waals surface area contributed by atoms with Crippen LogP contribution < -0.4 is 9.64 Å². The Hall–Kier alpha value is -1.93. The second kappa shape index (κ2) is 5.56. The zero-order valence-corrected chi connectivity index (χ0v) is 14.7. The Morgan fingerprint density at radius 3 is 3.00 bits per heavy atom. The smallest absolute Gasteiger partial charge is 0.407 e. The van der Waals surface area contributed by atoms with Gasteiger partial charge in [-0.3, -0.25) is 4.98 Å². The maximum absolute atomic E-state index is 11.2. The second-order valence-electron chi connectivity index (χ2n) is 5.77. The van der Waals surface area contributed by atoms with Crippen LogP contribution in [-0.2, 0) is 0 Å². The van der Waals surface area contributed by atoms with E-state index in [9.17, 15) is 15.0 Å². The minimum atomic E-state index is -0.935. The predicted molar refractivity (Wildman–Crippen MR) is 92.3 cm³/mol. The van der Waals surface area contributed by atoms with E-state index in [1.165, 1.54) is 4.90 Å². The zero-order chi connectivity index (χ0) is 17.0. The molecule has 126 valence electrons. The van der Waals surface area contributed by atoms with Gasteiger partial charge < -0.3 is 24.7 Å². The van der Waals surface area contributed by atoms with Crippen molar-refractivity contribution in [2.45, 2.75) is 6.04 Å².